The molecule has 116 valence electrons. The molecule has 0 spiro atoms. The number of nitrogens with zero attached hydrogens (tertiary/aromatic N) is 1. The van der Waals surface area contributed by atoms with E-state index in [4.69, 9.17) is 4.74 Å². The number of hydrogen-bond acceptors (Lipinski definition) is 4. The molecule has 0 radical (unpaired) electrons. The maximum atomic E-state index is 12.4. The van der Waals surface area contributed by atoms with Gasteiger partial charge in [-0.3, -0.25) is 4.79 Å². The van der Waals surface area contributed by atoms with Crippen LogP contribution in [0.1, 0.15) is 32.3 Å². The summed E-state index contributed by atoms with van der Waals surface area (Å²) in [5.41, 5.74) is -0.232. The molecule has 0 saturated carbocycles. The van der Waals surface area contributed by atoms with Gasteiger partial charge < -0.3 is 14.7 Å². The second-order valence-corrected chi connectivity index (χ2v) is 6.53. The van der Waals surface area contributed by atoms with Crippen LogP contribution in [-0.2, 0) is 14.9 Å². The fraction of sp³-hybridized carbons (Fsp3) is 0.588. The van der Waals surface area contributed by atoms with Gasteiger partial charge in [0.2, 0.25) is 0 Å². The molecule has 0 unspecified atom stereocenters. The normalized spacial score (nSPS) is 19.2. The molecule has 0 amide bonds. The Morgan fingerprint density at radius 3 is 2.33 bits per heavy atom. The molecule has 4 heteroatoms. The first-order chi connectivity index (χ1) is 9.87. The van der Waals surface area contributed by atoms with E-state index in [0.717, 1.165) is 31.5 Å². The lowest BCUT2D eigenvalue weighted by atomic mass is 9.72. The maximum Gasteiger partial charge on any atom is 0.316 e. The third kappa shape index (κ3) is 3.63. The fourth-order valence-corrected chi connectivity index (χ4v) is 3.20. The summed E-state index contributed by atoms with van der Waals surface area (Å²) >= 11 is 0. The molecule has 1 saturated heterocycles. The van der Waals surface area contributed by atoms with Crippen molar-refractivity contribution in [2.75, 3.05) is 26.7 Å². The van der Waals surface area contributed by atoms with Crippen LogP contribution in [-0.4, -0.2) is 48.3 Å². The minimum Gasteiger partial charge on any atom is -0.468 e. The molecule has 21 heavy (non-hydrogen) atoms. The van der Waals surface area contributed by atoms with Crippen molar-refractivity contribution in [1.82, 2.24) is 4.90 Å². The average Bonchev–Trinajstić information content (AvgIpc) is 2.47. The Kier molecular flexibility index (Phi) is 4.69. The first-order valence-electron chi connectivity index (χ1n) is 7.46. The van der Waals surface area contributed by atoms with E-state index in [-0.39, 0.29) is 5.97 Å². The third-order valence-corrected chi connectivity index (χ3v) is 4.22. The number of aliphatic hydroxyl groups is 1. The van der Waals surface area contributed by atoms with Gasteiger partial charge in [-0.2, -0.15) is 0 Å². The lowest BCUT2D eigenvalue weighted by Gasteiger charge is -2.41. The van der Waals surface area contributed by atoms with Gasteiger partial charge >= 0.3 is 5.97 Å². The van der Waals surface area contributed by atoms with Gasteiger partial charge in [-0.05, 0) is 45.3 Å². The van der Waals surface area contributed by atoms with Gasteiger partial charge in [-0.25, -0.2) is 0 Å². The highest BCUT2D eigenvalue weighted by atomic mass is 16.5. The smallest absolute Gasteiger partial charge is 0.316 e. The van der Waals surface area contributed by atoms with Crippen LogP contribution in [0.25, 0.3) is 0 Å². The van der Waals surface area contributed by atoms with E-state index in [1.165, 1.54) is 7.11 Å². The van der Waals surface area contributed by atoms with E-state index in [0.29, 0.717) is 6.54 Å². The van der Waals surface area contributed by atoms with Gasteiger partial charge in [0.05, 0.1) is 18.1 Å². The summed E-state index contributed by atoms with van der Waals surface area (Å²) in [5, 5.41) is 9.94. The van der Waals surface area contributed by atoms with Gasteiger partial charge in [-0.15, -0.1) is 0 Å². The molecule has 2 rings (SSSR count). The Morgan fingerprint density at radius 1 is 1.29 bits per heavy atom. The van der Waals surface area contributed by atoms with Crippen LogP contribution in [0.3, 0.4) is 0 Å². The number of piperidine rings is 1. The zero-order valence-corrected chi connectivity index (χ0v) is 13.1. The van der Waals surface area contributed by atoms with E-state index < -0.39 is 11.0 Å². The number of hydrogen-bond donors (Lipinski definition) is 1. The zero-order valence-electron chi connectivity index (χ0n) is 13.1. The Bertz CT molecular complexity index is 471. The van der Waals surface area contributed by atoms with Crippen molar-refractivity contribution in [3.8, 4) is 0 Å². The third-order valence-electron chi connectivity index (χ3n) is 4.22. The average molecular weight is 291 g/mol. The van der Waals surface area contributed by atoms with Crippen LogP contribution in [0.2, 0.25) is 0 Å². The molecule has 0 aromatic heterocycles. The van der Waals surface area contributed by atoms with Gasteiger partial charge in [0.1, 0.15) is 0 Å². The maximum absolute atomic E-state index is 12.4. The number of β-amino-alcohol motifs (C(OH)–C–C–N with tert-alkyl or cyclic N) is 1. The summed E-state index contributed by atoms with van der Waals surface area (Å²) in [6.07, 6.45) is 1.44. The van der Waals surface area contributed by atoms with Crippen molar-refractivity contribution in [3.05, 3.63) is 35.9 Å². The summed E-state index contributed by atoms with van der Waals surface area (Å²) in [5.74, 6) is -0.156. The molecular weight excluding hydrogens is 266 g/mol. The van der Waals surface area contributed by atoms with Crippen molar-refractivity contribution in [3.63, 3.8) is 0 Å². The lowest BCUT2D eigenvalue weighted by molar-refractivity contribution is -0.150. The highest BCUT2D eigenvalue weighted by Crippen LogP contribution is 2.37. The molecule has 1 aromatic rings. The number of carbonyl (C=O) groups excluding carboxylic acids is 1. The number of esters is 1. The molecule has 4 nitrogen and oxygen atoms in total. The SMILES string of the molecule is COC(=O)C1(c2ccccc2)CCN(CC(C)(C)O)CC1. The summed E-state index contributed by atoms with van der Waals surface area (Å²) in [4.78, 5) is 14.6. The minimum atomic E-state index is -0.710. The molecule has 1 aliphatic heterocycles. The van der Waals surface area contributed by atoms with Crippen LogP contribution < -0.4 is 0 Å². The van der Waals surface area contributed by atoms with Crippen molar-refractivity contribution < 1.29 is 14.6 Å². The van der Waals surface area contributed by atoms with Gasteiger partial charge in [0, 0.05) is 6.54 Å². The van der Waals surface area contributed by atoms with Gasteiger partial charge in [-0.1, -0.05) is 30.3 Å². The number of rotatable bonds is 4. The minimum absolute atomic E-state index is 0.156. The Morgan fingerprint density at radius 2 is 1.86 bits per heavy atom. The van der Waals surface area contributed by atoms with E-state index in [2.05, 4.69) is 4.90 Å². The topological polar surface area (TPSA) is 49.8 Å². The summed E-state index contributed by atoms with van der Waals surface area (Å²) < 4.78 is 5.08. The van der Waals surface area contributed by atoms with Crippen LogP contribution >= 0.6 is 0 Å². The number of carbonyl (C=O) groups is 1. The molecule has 0 bridgehead atoms. The summed E-state index contributed by atoms with van der Waals surface area (Å²) in [6, 6.07) is 9.88. The van der Waals surface area contributed by atoms with E-state index in [1.807, 2.05) is 44.2 Å². The van der Waals surface area contributed by atoms with Crippen LogP contribution in [0.4, 0.5) is 0 Å². The largest absolute Gasteiger partial charge is 0.468 e. The quantitative estimate of drug-likeness (QED) is 0.862. The van der Waals surface area contributed by atoms with Crippen LogP contribution in [0, 0.1) is 0 Å². The second kappa shape index (κ2) is 6.16. The fourth-order valence-electron chi connectivity index (χ4n) is 3.20. The second-order valence-electron chi connectivity index (χ2n) is 6.53. The Balaban J connectivity index is 2.17. The molecule has 0 atom stereocenters. The first kappa shape index (κ1) is 16.0. The molecule has 1 heterocycles. The van der Waals surface area contributed by atoms with Crippen molar-refractivity contribution in [2.24, 2.45) is 0 Å². The Labute approximate surface area is 126 Å². The standard InChI is InChI=1S/C17H25NO3/c1-16(2,20)13-18-11-9-17(10-12-18,15(19)21-3)14-7-5-4-6-8-14/h4-8,20H,9-13H2,1-3H3. The number of ether oxygens (including phenoxy) is 1. The van der Waals surface area contributed by atoms with E-state index in [1.54, 1.807) is 0 Å². The van der Waals surface area contributed by atoms with Gasteiger partial charge in [0.25, 0.3) is 0 Å². The van der Waals surface area contributed by atoms with Crippen LogP contribution in [0.15, 0.2) is 30.3 Å². The molecule has 1 aromatic carbocycles. The number of likely N-dealkylation sites (tertiary alicyclic amines) is 1. The highest BCUT2D eigenvalue weighted by Gasteiger charge is 2.44. The molecule has 1 fully saturated rings. The number of methoxy groups -OCH3 is 1. The van der Waals surface area contributed by atoms with Crippen LogP contribution in [0.5, 0.6) is 0 Å². The van der Waals surface area contributed by atoms with Crippen molar-refractivity contribution in [2.45, 2.75) is 37.7 Å². The number of benzene rings is 1. The lowest BCUT2D eigenvalue weighted by Crippen LogP contribution is -2.50. The van der Waals surface area contributed by atoms with Gasteiger partial charge in [0.15, 0.2) is 0 Å². The van der Waals surface area contributed by atoms with Crippen molar-refractivity contribution in [1.29, 1.82) is 0 Å². The van der Waals surface area contributed by atoms with E-state index in [9.17, 15) is 9.90 Å². The molecule has 1 N–H and O–H groups in total. The predicted octanol–water partition coefficient (Wildman–Crippen LogP) is 1.96. The van der Waals surface area contributed by atoms with E-state index >= 15 is 0 Å². The predicted molar refractivity (Wildman–Crippen MR) is 82.1 cm³/mol. The zero-order chi connectivity index (χ0) is 15.5. The molecular formula is C17H25NO3. The van der Waals surface area contributed by atoms with Crippen molar-refractivity contribution >= 4 is 5.97 Å². The summed E-state index contributed by atoms with van der Waals surface area (Å²) in [7, 11) is 1.45. The highest BCUT2D eigenvalue weighted by molar-refractivity contribution is 5.83. The summed E-state index contributed by atoms with van der Waals surface area (Å²) in [6.45, 7) is 5.82. The molecule has 1 aliphatic rings. The first-order valence-corrected chi connectivity index (χ1v) is 7.46. The monoisotopic (exact) mass is 291 g/mol. The Hall–Kier alpha value is -1.39. The molecule has 0 aliphatic carbocycles.